The van der Waals surface area contributed by atoms with Gasteiger partial charge in [-0.25, -0.2) is 0 Å². The fourth-order valence-corrected chi connectivity index (χ4v) is 1.99. The normalized spacial score (nSPS) is 12.8. The lowest BCUT2D eigenvalue weighted by Gasteiger charge is -2.19. The Hall–Kier alpha value is -1.41. The van der Waals surface area contributed by atoms with E-state index in [1.165, 1.54) is 6.07 Å². The Morgan fingerprint density at radius 1 is 1.35 bits per heavy atom. The molecule has 0 aliphatic carbocycles. The van der Waals surface area contributed by atoms with Crippen LogP contribution >= 0.6 is 11.6 Å². The van der Waals surface area contributed by atoms with E-state index in [4.69, 9.17) is 21.6 Å². The summed E-state index contributed by atoms with van der Waals surface area (Å²) in [5, 5.41) is 8.50. The lowest BCUT2D eigenvalue weighted by molar-refractivity contribution is -0.137. The van der Waals surface area contributed by atoms with Crippen LogP contribution in [0.4, 0.5) is 13.2 Å². The number of alkyl halides is 3. The van der Waals surface area contributed by atoms with Crippen molar-refractivity contribution in [1.29, 1.82) is 5.26 Å². The van der Waals surface area contributed by atoms with Gasteiger partial charge in [0.15, 0.2) is 0 Å². The van der Waals surface area contributed by atoms with Crippen LogP contribution in [0.1, 0.15) is 38.2 Å². The molecular weight excluding hydrogens is 291 g/mol. The molecule has 0 saturated heterocycles. The van der Waals surface area contributed by atoms with Crippen molar-refractivity contribution in [2.24, 2.45) is 0 Å². The first-order valence-corrected chi connectivity index (χ1v) is 6.66. The van der Waals surface area contributed by atoms with Crippen molar-refractivity contribution in [2.45, 2.75) is 44.9 Å². The molecule has 1 unspecified atom stereocenters. The molecule has 1 aromatic carbocycles. The molecule has 0 saturated carbocycles. The third kappa shape index (κ3) is 4.93. The van der Waals surface area contributed by atoms with Gasteiger partial charge < -0.3 is 4.74 Å². The second kappa shape index (κ2) is 7.39. The van der Waals surface area contributed by atoms with Crippen molar-refractivity contribution in [1.82, 2.24) is 0 Å². The Morgan fingerprint density at radius 3 is 2.55 bits per heavy atom. The van der Waals surface area contributed by atoms with Crippen LogP contribution in [0.15, 0.2) is 18.2 Å². The predicted molar refractivity (Wildman–Crippen MR) is 70.6 cm³/mol. The number of rotatable bonds is 6. The van der Waals surface area contributed by atoms with Gasteiger partial charge in [-0.2, -0.15) is 18.4 Å². The van der Waals surface area contributed by atoms with Gasteiger partial charge in [0.05, 0.1) is 22.8 Å². The maximum Gasteiger partial charge on any atom is 0.416 e. The SMILES string of the molecule is CCCC(CCC#N)Oc1ccc(C(F)(F)F)cc1Cl. The van der Waals surface area contributed by atoms with Gasteiger partial charge in [0.1, 0.15) is 5.75 Å². The monoisotopic (exact) mass is 305 g/mol. The standard InChI is InChI=1S/C14H15ClF3NO/c1-2-4-11(5-3-8-19)20-13-7-6-10(9-12(13)15)14(16,17)18/h6-7,9,11H,2-5H2,1H3. The predicted octanol–water partition coefficient (Wildman–Crippen LogP) is 5.21. The van der Waals surface area contributed by atoms with Crippen LogP contribution < -0.4 is 4.74 Å². The minimum Gasteiger partial charge on any atom is -0.489 e. The zero-order chi connectivity index (χ0) is 15.2. The highest BCUT2D eigenvalue weighted by atomic mass is 35.5. The molecular formula is C14H15ClF3NO. The highest BCUT2D eigenvalue weighted by Crippen LogP contribution is 2.35. The van der Waals surface area contributed by atoms with Gasteiger partial charge in [0, 0.05) is 6.42 Å². The number of ether oxygens (including phenoxy) is 1. The highest BCUT2D eigenvalue weighted by molar-refractivity contribution is 6.32. The zero-order valence-corrected chi connectivity index (χ0v) is 11.8. The first-order chi connectivity index (χ1) is 9.38. The molecule has 6 heteroatoms. The minimum absolute atomic E-state index is 0.0714. The lowest BCUT2D eigenvalue weighted by Crippen LogP contribution is -2.16. The number of benzene rings is 1. The third-order valence-corrected chi connectivity index (χ3v) is 3.04. The molecule has 1 rings (SSSR count). The minimum atomic E-state index is -4.42. The Morgan fingerprint density at radius 2 is 2.05 bits per heavy atom. The van der Waals surface area contributed by atoms with E-state index in [1.54, 1.807) is 0 Å². The number of nitrogens with zero attached hydrogens (tertiary/aromatic N) is 1. The fourth-order valence-electron chi connectivity index (χ4n) is 1.76. The molecule has 0 bridgehead atoms. The van der Waals surface area contributed by atoms with E-state index < -0.39 is 11.7 Å². The molecule has 0 spiro atoms. The van der Waals surface area contributed by atoms with Crippen LogP contribution in [0.3, 0.4) is 0 Å². The fraction of sp³-hybridized carbons (Fsp3) is 0.500. The van der Waals surface area contributed by atoms with Crippen LogP contribution in [-0.2, 0) is 6.18 Å². The number of hydrogen-bond donors (Lipinski definition) is 0. The molecule has 0 aromatic heterocycles. The second-order valence-electron chi connectivity index (χ2n) is 4.37. The number of hydrogen-bond acceptors (Lipinski definition) is 2. The molecule has 0 radical (unpaired) electrons. The van der Waals surface area contributed by atoms with Gasteiger partial charge in [-0.3, -0.25) is 0 Å². The van der Waals surface area contributed by atoms with E-state index >= 15 is 0 Å². The van der Waals surface area contributed by atoms with Gasteiger partial charge >= 0.3 is 6.18 Å². The van der Waals surface area contributed by atoms with E-state index in [9.17, 15) is 13.2 Å². The number of nitriles is 1. The van der Waals surface area contributed by atoms with Crippen molar-refractivity contribution in [3.05, 3.63) is 28.8 Å². The summed E-state index contributed by atoms with van der Waals surface area (Å²) in [6.07, 6.45) is -2.20. The molecule has 0 aliphatic heterocycles. The van der Waals surface area contributed by atoms with Crippen molar-refractivity contribution in [2.75, 3.05) is 0 Å². The summed E-state index contributed by atoms with van der Waals surface area (Å²) in [5.41, 5.74) is -0.807. The molecule has 20 heavy (non-hydrogen) atoms. The summed E-state index contributed by atoms with van der Waals surface area (Å²) < 4.78 is 43.1. The summed E-state index contributed by atoms with van der Waals surface area (Å²) in [6, 6.07) is 5.04. The van der Waals surface area contributed by atoms with Crippen LogP contribution in [-0.4, -0.2) is 6.10 Å². The number of halogens is 4. The smallest absolute Gasteiger partial charge is 0.416 e. The Bertz CT molecular complexity index is 482. The summed E-state index contributed by atoms with van der Waals surface area (Å²) in [6.45, 7) is 1.97. The van der Waals surface area contributed by atoms with Crippen LogP contribution in [0, 0.1) is 11.3 Å². The van der Waals surface area contributed by atoms with Gasteiger partial charge in [0.2, 0.25) is 0 Å². The van der Waals surface area contributed by atoms with Gasteiger partial charge in [-0.05, 0) is 31.0 Å². The quantitative estimate of drug-likeness (QED) is 0.722. The largest absolute Gasteiger partial charge is 0.489 e. The van der Waals surface area contributed by atoms with Crippen LogP contribution in [0.2, 0.25) is 5.02 Å². The van der Waals surface area contributed by atoms with Crippen molar-refractivity contribution < 1.29 is 17.9 Å². The zero-order valence-electron chi connectivity index (χ0n) is 11.0. The molecule has 0 amide bonds. The van der Waals surface area contributed by atoms with Crippen molar-refractivity contribution in [3.63, 3.8) is 0 Å². The molecule has 0 heterocycles. The van der Waals surface area contributed by atoms with Crippen LogP contribution in [0.5, 0.6) is 5.75 Å². The topological polar surface area (TPSA) is 33.0 Å². The van der Waals surface area contributed by atoms with E-state index in [0.717, 1.165) is 25.0 Å². The molecule has 2 nitrogen and oxygen atoms in total. The van der Waals surface area contributed by atoms with E-state index in [2.05, 4.69) is 0 Å². The van der Waals surface area contributed by atoms with Gasteiger partial charge in [-0.1, -0.05) is 24.9 Å². The molecule has 0 aliphatic rings. The first-order valence-electron chi connectivity index (χ1n) is 6.28. The maximum absolute atomic E-state index is 12.5. The first kappa shape index (κ1) is 16.6. The lowest BCUT2D eigenvalue weighted by atomic mass is 10.1. The molecule has 0 N–H and O–H groups in total. The van der Waals surface area contributed by atoms with E-state index in [0.29, 0.717) is 12.8 Å². The second-order valence-corrected chi connectivity index (χ2v) is 4.78. The van der Waals surface area contributed by atoms with E-state index in [-0.39, 0.29) is 16.9 Å². The van der Waals surface area contributed by atoms with Gasteiger partial charge in [-0.15, -0.1) is 0 Å². The molecule has 1 atom stereocenters. The molecule has 110 valence electrons. The average molecular weight is 306 g/mol. The molecule has 0 fully saturated rings. The Labute approximate surface area is 121 Å². The Balaban J connectivity index is 2.83. The summed E-state index contributed by atoms with van der Waals surface area (Å²) >= 11 is 5.82. The van der Waals surface area contributed by atoms with E-state index in [1.807, 2.05) is 13.0 Å². The van der Waals surface area contributed by atoms with Gasteiger partial charge in [0.25, 0.3) is 0 Å². The summed E-state index contributed by atoms with van der Waals surface area (Å²) in [5.74, 6) is 0.219. The van der Waals surface area contributed by atoms with Crippen molar-refractivity contribution >= 4 is 11.6 Å². The van der Waals surface area contributed by atoms with Crippen molar-refractivity contribution in [3.8, 4) is 11.8 Å². The summed E-state index contributed by atoms with van der Waals surface area (Å²) in [7, 11) is 0. The third-order valence-electron chi connectivity index (χ3n) is 2.74. The average Bonchev–Trinajstić information content (AvgIpc) is 2.37. The molecule has 1 aromatic rings. The maximum atomic E-state index is 12.5. The highest BCUT2D eigenvalue weighted by Gasteiger charge is 2.31. The van der Waals surface area contributed by atoms with Crippen LogP contribution in [0.25, 0.3) is 0 Å². The Kier molecular flexibility index (Phi) is 6.15. The summed E-state index contributed by atoms with van der Waals surface area (Å²) in [4.78, 5) is 0.